The van der Waals surface area contributed by atoms with Crippen LogP contribution >= 0.6 is 0 Å². The van der Waals surface area contributed by atoms with E-state index in [2.05, 4.69) is 10.3 Å². The number of hydrogen-bond donors (Lipinski definition) is 2. The number of imidazole rings is 1. The maximum Gasteiger partial charge on any atom is 0.424 e. The van der Waals surface area contributed by atoms with E-state index < -0.39 is 29.9 Å². The smallest absolute Gasteiger partial charge is 0.374 e. The molecule has 2 rings (SSSR count). The molecule has 8 heteroatoms. The normalized spacial score (nSPS) is 14.2. The molecule has 5 nitrogen and oxygen atoms in total. The van der Waals surface area contributed by atoms with Gasteiger partial charge in [-0.15, -0.1) is 0 Å². The minimum Gasteiger partial charge on any atom is -0.374 e. The molecule has 0 bridgehead atoms. The summed E-state index contributed by atoms with van der Waals surface area (Å²) in [5, 5.41) is 12.6. The lowest BCUT2D eigenvalue weighted by Gasteiger charge is -2.30. The van der Waals surface area contributed by atoms with E-state index in [1.54, 1.807) is 12.1 Å². The Morgan fingerprint density at radius 2 is 1.84 bits per heavy atom. The summed E-state index contributed by atoms with van der Waals surface area (Å²) in [5.41, 5.74) is -1.01. The van der Waals surface area contributed by atoms with Crippen molar-refractivity contribution in [1.82, 2.24) is 14.9 Å². The lowest BCUT2D eigenvalue weighted by atomic mass is 9.97. The Bertz CT molecular complexity index is 750. The lowest BCUT2D eigenvalue weighted by Crippen LogP contribution is -2.46. The summed E-state index contributed by atoms with van der Waals surface area (Å²) in [5.74, 6) is -1.00. The topological polar surface area (TPSA) is 67.2 Å². The van der Waals surface area contributed by atoms with Gasteiger partial charge in [0.1, 0.15) is 5.82 Å². The van der Waals surface area contributed by atoms with Gasteiger partial charge in [-0.3, -0.25) is 4.79 Å². The van der Waals surface area contributed by atoms with Crippen molar-refractivity contribution in [3.05, 3.63) is 53.1 Å². The first-order chi connectivity index (χ1) is 11.5. The van der Waals surface area contributed by atoms with E-state index >= 15 is 0 Å². The number of halogens is 3. The minimum atomic E-state index is -4.92. The number of aromatic nitrogens is 2. The molecule has 0 spiro atoms. The van der Waals surface area contributed by atoms with Gasteiger partial charge in [0.2, 0.25) is 5.60 Å². The van der Waals surface area contributed by atoms with Crippen LogP contribution in [0.4, 0.5) is 13.2 Å². The van der Waals surface area contributed by atoms with Crippen LogP contribution in [0.5, 0.6) is 0 Å². The van der Waals surface area contributed by atoms with E-state index in [4.69, 9.17) is 0 Å². The fourth-order valence-corrected chi connectivity index (χ4v) is 2.71. The van der Waals surface area contributed by atoms with Crippen LogP contribution < -0.4 is 5.32 Å². The molecule has 136 valence electrons. The van der Waals surface area contributed by atoms with Gasteiger partial charge >= 0.3 is 6.18 Å². The molecule has 0 saturated carbocycles. The molecular weight excluding hydrogens is 335 g/mol. The number of rotatable bonds is 5. The lowest BCUT2D eigenvalue weighted by molar-refractivity contribution is -0.272. The summed E-state index contributed by atoms with van der Waals surface area (Å²) in [6, 6.07) is 5.19. The van der Waals surface area contributed by atoms with E-state index in [0.717, 1.165) is 15.7 Å². The molecule has 1 atom stereocenters. The van der Waals surface area contributed by atoms with Crippen molar-refractivity contribution >= 4 is 5.91 Å². The standard InChI is InChI=1S/C17H20F3N3O2/c1-11-8-12(2)10-13(9-11)14(24)21-5-4-16(25,17(18,19)20)15-22-6-7-23(15)3/h6-10,25H,4-5H2,1-3H3,(H,21,24). The zero-order chi connectivity index (χ0) is 18.8. The van der Waals surface area contributed by atoms with Gasteiger partial charge in [0, 0.05) is 38.0 Å². The quantitative estimate of drug-likeness (QED) is 0.866. The fraction of sp³-hybridized carbons (Fsp3) is 0.412. The second-order valence-electron chi connectivity index (χ2n) is 6.10. The Balaban J connectivity index is 2.12. The largest absolute Gasteiger partial charge is 0.424 e. The summed E-state index contributed by atoms with van der Waals surface area (Å²) in [6.07, 6.45) is -3.16. The predicted molar refractivity (Wildman–Crippen MR) is 86.0 cm³/mol. The first-order valence-electron chi connectivity index (χ1n) is 7.68. The Labute approximate surface area is 143 Å². The Morgan fingerprint density at radius 1 is 1.24 bits per heavy atom. The molecule has 2 N–H and O–H groups in total. The van der Waals surface area contributed by atoms with Gasteiger partial charge < -0.3 is 15.0 Å². The number of amides is 1. The van der Waals surface area contributed by atoms with Gasteiger partial charge in [0.05, 0.1) is 0 Å². The van der Waals surface area contributed by atoms with Crippen LogP contribution in [-0.4, -0.2) is 33.3 Å². The van der Waals surface area contributed by atoms with Crippen LogP contribution in [0, 0.1) is 13.8 Å². The van der Waals surface area contributed by atoms with Gasteiger partial charge in [-0.1, -0.05) is 17.2 Å². The molecule has 2 aromatic rings. The Hall–Kier alpha value is -2.35. The zero-order valence-electron chi connectivity index (χ0n) is 14.2. The van der Waals surface area contributed by atoms with Crippen molar-refractivity contribution in [2.75, 3.05) is 6.54 Å². The van der Waals surface area contributed by atoms with E-state index in [1.165, 1.54) is 19.4 Å². The van der Waals surface area contributed by atoms with E-state index in [-0.39, 0.29) is 6.54 Å². The van der Waals surface area contributed by atoms with Gasteiger partial charge in [-0.25, -0.2) is 4.98 Å². The zero-order valence-corrected chi connectivity index (χ0v) is 14.2. The van der Waals surface area contributed by atoms with Crippen molar-refractivity contribution in [2.45, 2.75) is 32.0 Å². The number of carbonyl (C=O) groups excluding carboxylic acids is 1. The molecule has 0 aliphatic carbocycles. The van der Waals surface area contributed by atoms with Crippen molar-refractivity contribution in [3.8, 4) is 0 Å². The van der Waals surface area contributed by atoms with Crippen molar-refractivity contribution < 1.29 is 23.1 Å². The van der Waals surface area contributed by atoms with Crippen LogP contribution in [-0.2, 0) is 12.6 Å². The van der Waals surface area contributed by atoms with Gasteiger partial charge in [0.15, 0.2) is 0 Å². The average Bonchev–Trinajstić information content (AvgIpc) is 2.91. The molecule has 1 aromatic carbocycles. The second-order valence-corrected chi connectivity index (χ2v) is 6.10. The van der Waals surface area contributed by atoms with Crippen molar-refractivity contribution in [3.63, 3.8) is 0 Å². The molecule has 1 aromatic heterocycles. The number of carbonyl (C=O) groups is 1. The molecule has 0 aliphatic rings. The maximum absolute atomic E-state index is 13.4. The highest BCUT2D eigenvalue weighted by molar-refractivity contribution is 5.94. The molecule has 25 heavy (non-hydrogen) atoms. The highest BCUT2D eigenvalue weighted by atomic mass is 19.4. The summed E-state index contributed by atoms with van der Waals surface area (Å²) in [7, 11) is 1.37. The number of aliphatic hydroxyl groups is 1. The Kier molecular flexibility index (Phi) is 5.22. The van der Waals surface area contributed by atoms with Gasteiger partial charge in [-0.2, -0.15) is 13.2 Å². The molecule has 0 aliphatic heterocycles. The minimum absolute atomic E-state index is 0.352. The number of nitrogens with one attached hydrogen (secondary N) is 1. The SMILES string of the molecule is Cc1cc(C)cc(C(=O)NCCC(O)(c2nccn2C)C(F)(F)F)c1. The number of nitrogens with zero attached hydrogens (tertiary/aromatic N) is 2. The highest BCUT2D eigenvalue weighted by Crippen LogP contribution is 2.40. The van der Waals surface area contributed by atoms with E-state index in [1.807, 2.05) is 19.9 Å². The maximum atomic E-state index is 13.4. The van der Waals surface area contributed by atoms with Crippen LogP contribution in [0.25, 0.3) is 0 Å². The van der Waals surface area contributed by atoms with Crippen LogP contribution in [0.15, 0.2) is 30.6 Å². The highest BCUT2D eigenvalue weighted by Gasteiger charge is 2.57. The summed E-state index contributed by atoms with van der Waals surface area (Å²) in [4.78, 5) is 15.8. The summed E-state index contributed by atoms with van der Waals surface area (Å²) >= 11 is 0. The van der Waals surface area contributed by atoms with E-state index in [0.29, 0.717) is 5.56 Å². The van der Waals surface area contributed by atoms with Gasteiger partial charge in [0.25, 0.3) is 5.91 Å². The first kappa shape index (κ1) is 19.0. The summed E-state index contributed by atoms with van der Waals surface area (Å²) < 4.78 is 41.3. The third kappa shape index (κ3) is 4.01. The number of aryl methyl sites for hydroxylation is 3. The van der Waals surface area contributed by atoms with E-state index in [9.17, 15) is 23.1 Å². The molecule has 1 amide bonds. The van der Waals surface area contributed by atoms with Crippen molar-refractivity contribution in [1.29, 1.82) is 0 Å². The van der Waals surface area contributed by atoms with Crippen LogP contribution in [0.2, 0.25) is 0 Å². The fourth-order valence-electron chi connectivity index (χ4n) is 2.71. The third-order valence-corrected chi connectivity index (χ3v) is 3.92. The number of alkyl halides is 3. The second kappa shape index (κ2) is 6.87. The van der Waals surface area contributed by atoms with Crippen LogP contribution in [0.1, 0.15) is 33.7 Å². The number of benzene rings is 1. The Morgan fingerprint density at radius 3 is 2.32 bits per heavy atom. The molecule has 1 heterocycles. The molecular formula is C17H20F3N3O2. The predicted octanol–water partition coefficient (Wildman–Crippen LogP) is 2.61. The molecule has 0 radical (unpaired) electrons. The summed E-state index contributed by atoms with van der Waals surface area (Å²) in [6.45, 7) is 3.30. The molecule has 0 fully saturated rings. The molecule has 1 unspecified atom stereocenters. The molecule has 0 saturated heterocycles. The monoisotopic (exact) mass is 355 g/mol. The first-order valence-corrected chi connectivity index (χ1v) is 7.68. The van der Waals surface area contributed by atoms with Crippen molar-refractivity contribution in [2.24, 2.45) is 7.05 Å². The van der Waals surface area contributed by atoms with Gasteiger partial charge in [-0.05, 0) is 26.0 Å². The average molecular weight is 355 g/mol. The number of hydrogen-bond acceptors (Lipinski definition) is 3. The van der Waals surface area contributed by atoms with Crippen LogP contribution in [0.3, 0.4) is 0 Å². The third-order valence-electron chi connectivity index (χ3n) is 3.92.